The van der Waals surface area contributed by atoms with Crippen molar-refractivity contribution in [2.75, 3.05) is 13.1 Å². The molecule has 0 aromatic carbocycles. The Morgan fingerprint density at radius 3 is 2.56 bits per heavy atom. The maximum Gasteiger partial charge on any atom is 0.223 e. The van der Waals surface area contributed by atoms with E-state index in [0.717, 1.165) is 19.4 Å². The average Bonchev–Trinajstić information content (AvgIpc) is 2.37. The fourth-order valence-electron chi connectivity index (χ4n) is 3.57. The summed E-state index contributed by atoms with van der Waals surface area (Å²) in [5.74, 6) is 0.861. The minimum atomic E-state index is 0.178. The van der Waals surface area contributed by atoms with Crippen molar-refractivity contribution in [3.8, 4) is 0 Å². The van der Waals surface area contributed by atoms with Crippen molar-refractivity contribution in [2.24, 2.45) is 23.0 Å². The fourth-order valence-corrected chi connectivity index (χ4v) is 3.57. The lowest BCUT2D eigenvalue weighted by atomic mass is 9.67. The number of nitrogens with one attached hydrogen (secondary N) is 1. The van der Waals surface area contributed by atoms with E-state index >= 15 is 0 Å². The SMILES string of the molecule is CCC1(CNC(=O)C2CCCCC2CN)CCC1. The highest BCUT2D eigenvalue weighted by Gasteiger charge is 2.36. The third-order valence-corrected chi connectivity index (χ3v) is 5.35. The van der Waals surface area contributed by atoms with E-state index in [1.165, 1.54) is 38.5 Å². The van der Waals surface area contributed by atoms with Crippen molar-refractivity contribution in [1.29, 1.82) is 0 Å². The second-order valence-corrected chi connectivity index (χ2v) is 6.31. The number of amides is 1. The number of hydrogen-bond acceptors (Lipinski definition) is 2. The van der Waals surface area contributed by atoms with Crippen molar-refractivity contribution >= 4 is 5.91 Å². The van der Waals surface area contributed by atoms with Crippen molar-refractivity contribution in [3.05, 3.63) is 0 Å². The zero-order valence-electron chi connectivity index (χ0n) is 11.7. The fraction of sp³-hybridized carbons (Fsp3) is 0.933. The zero-order valence-corrected chi connectivity index (χ0v) is 11.7. The lowest BCUT2D eigenvalue weighted by molar-refractivity contribution is -0.128. The van der Waals surface area contributed by atoms with E-state index in [0.29, 0.717) is 17.9 Å². The molecule has 0 saturated heterocycles. The minimum absolute atomic E-state index is 0.178. The van der Waals surface area contributed by atoms with Gasteiger partial charge in [-0.05, 0) is 50.0 Å². The van der Waals surface area contributed by atoms with Crippen LogP contribution in [-0.2, 0) is 4.79 Å². The van der Waals surface area contributed by atoms with Crippen molar-refractivity contribution < 1.29 is 4.79 Å². The maximum absolute atomic E-state index is 12.3. The van der Waals surface area contributed by atoms with Crippen LogP contribution in [0.1, 0.15) is 58.3 Å². The highest BCUT2D eigenvalue weighted by Crippen LogP contribution is 2.43. The lowest BCUT2D eigenvalue weighted by Gasteiger charge is -2.42. The first-order chi connectivity index (χ1) is 8.71. The predicted octanol–water partition coefficient (Wildman–Crippen LogP) is 2.45. The summed E-state index contributed by atoms with van der Waals surface area (Å²) in [6.45, 7) is 3.79. The second kappa shape index (κ2) is 6.05. The Kier molecular flexibility index (Phi) is 4.66. The summed E-state index contributed by atoms with van der Waals surface area (Å²) in [6.07, 6.45) is 9.69. The van der Waals surface area contributed by atoms with Gasteiger partial charge in [-0.1, -0.05) is 26.2 Å². The Morgan fingerprint density at radius 2 is 2.00 bits per heavy atom. The molecule has 2 unspecified atom stereocenters. The molecule has 1 amide bonds. The van der Waals surface area contributed by atoms with Gasteiger partial charge in [-0.2, -0.15) is 0 Å². The van der Waals surface area contributed by atoms with Gasteiger partial charge in [0, 0.05) is 12.5 Å². The van der Waals surface area contributed by atoms with Crippen LogP contribution in [0.15, 0.2) is 0 Å². The molecule has 0 bridgehead atoms. The molecule has 18 heavy (non-hydrogen) atoms. The zero-order chi connectivity index (χ0) is 13.0. The van der Waals surface area contributed by atoms with Gasteiger partial charge in [0.2, 0.25) is 5.91 Å². The Bertz CT molecular complexity index is 281. The Hall–Kier alpha value is -0.570. The quantitative estimate of drug-likeness (QED) is 0.789. The molecule has 0 heterocycles. The van der Waals surface area contributed by atoms with E-state index in [-0.39, 0.29) is 11.8 Å². The molecule has 2 atom stereocenters. The molecule has 2 aliphatic carbocycles. The molecule has 3 N–H and O–H groups in total. The molecular formula is C15H28N2O. The first-order valence-corrected chi connectivity index (χ1v) is 7.68. The van der Waals surface area contributed by atoms with E-state index < -0.39 is 0 Å². The first kappa shape index (κ1) is 13.9. The summed E-state index contributed by atoms with van der Waals surface area (Å²) < 4.78 is 0. The van der Waals surface area contributed by atoms with Crippen LogP contribution in [0.25, 0.3) is 0 Å². The molecule has 2 rings (SSSR count). The Balaban J connectivity index is 1.83. The van der Waals surface area contributed by atoms with Crippen LogP contribution in [0, 0.1) is 17.3 Å². The average molecular weight is 252 g/mol. The summed E-state index contributed by atoms with van der Waals surface area (Å²) in [7, 11) is 0. The van der Waals surface area contributed by atoms with Crippen LogP contribution >= 0.6 is 0 Å². The molecule has 2 saturated carbocycles. The van der Waals surface area contributed by atoms with Crippen LogP contribution in [0.2, 0.25) is 0 Å². The molecule has 0 spiro atoms. The van der Waals surface area contributed by atoms with Crippen LogP contribution in [0.3, 0.4) is 0 Å². The molecule has 0 radical (unpaired) electrons. The van der Waals surface area contributed by atoms with Gasteiger partial charge in [0.25, 0.3) is 0 Å². The summed E-state index contributed by atoms with van der Waals surface area (Å²) in [4.78, 5) is 12.3. The summed E-state index contributed by atoms with van der Waals surface area (Å²) in [5.41, 5.74) is 6.22. The summed E-state index contributed by atoms with van der Waals surface area (Å²) >= 11 is 0. The van der Waals surface area contributed by atoms with Crippen LogP contribution in [-0.4, -0.2) is 19.0 Å². The largest absolute Gasteiger partial charge is 0.355 e. The highest BCUT2D eigenvalue weighted by atomic mass is 16.1. The Labute approximate surface area is 111 Å². The van der Waals surface area contributed by atoms with Crippen LogP contribution in [0.5, 0.6) is 0 Å². The van der Waals surface area contributed by atoms with Gasteiger partial charge in [0.1, 0.15) is 0 Å². The van der Waals surface area contributed by atoms with Crippen molar-refractivity contribution in [3.63, 3.8) is 0 Å². The van der Waals surface area contributed by atoms with E-state index in [2.05, 4.69) is 12.2 Å². The van der Waals surface area contributed by atoms with Crippen molar-refractivity contribution in [2.45, 2.75) is 58.3 Å². The number of hydrogen-bond donors (Lipinski definition) is 2. The molecule has 3 nitrogen and oxygen atoms in total. The van der Waals surface area contributed by atoms with E-state index in [4.69, 9.17) is 5.73 Å². The second-order valence-electron chi connectivity index (χ2n) is 6.31. The van der Waals surface area contributed by atoms with Crippen LogP contribution in [0.4, 0.5) is 0 Å². The van der Waals surface area contributed by atoms with Gasteiger partial charge in [-0.25, -0.2) is 0 Å². The van der Waals surface area contributed by atoms with Gasteiger partial charge < -0.3 is 11.1 Å². The number of rotatable bonds is 5. The van der Waals surface area contributed by atoms with Gasteiger partial charge in [-0.15, -0.1) is 0 Å². The molecule has 2 fully saturated rings. The molecule has 104 valence electrons. The highest BCUT2D eigenvalue weighted by molar-refractivity contribution is 5.79. The topological polar surface area (TPSA) is 55.1 Å². The molecular weight excluding hydrogens is 224 g/mol. The first-order valence-electron chi connectivity index (χ1n) is 7.68. The third kappa shape index (κ3) is 2.87. The molecule has 0 aromatic heterocycles. The Morgan fingerprint density at radius 1 is 1.28 bits per heavy atom. The van der Waals surface area contributed by atoms with E-state index in [1.807, 2.05) is 0 Å². The maximum atomic E-state index is 12.3. The van der Waals surface area contributed by atoms with Crippen molar-refractivity contribution in [1.82, 2.24) is 5.32 Å². The van der Waals surface area contributed by atoms with E-state index in [9.17, 15) is 4.79 Å². The lowest BCUT2D eigenvalue weighted by Crippen LogP contribution is -2.46. The van der Waals surface area contributed by atoms with Gasteiger partial charge in [0.05, 0.1) is 0 Å². The third-order valence-electron chi connectivity index (χ3n) is 5.35. The van der Waals surface area contributed by atoms with Gasteiger partial charge in [0.15, 0.2) is 0 Å². The van der Waals surface area contributed by atoms with Gasteiger partial charge >= 0.3 is 0 Å². The smallest absolute Gasteiger partial charge is 0.223 e. The van der Waals surface area contributed by atoms with E-state index in [1.54, 1.807) is 0 Å². The molecule has 3 heteroatoms. The number of nitrogens with two attached hydrogens (primary N) is 1. The molecule has 0 aliphatic heterocycles. The molecule has 0 aromatic rings. The summed E-state index contributed by atoms with van der Waals surface area (Å²) in [5, 5.41) is 3.22. The van der Waals surface area contributed by atoms with Crippen LogP contribution < -0.4 is 11.1 Å². The standard InChI is InChI=1S/C15H28N2O/c1-2-15(8-5-9-15)11-17-14(18)13-7-4-3-6-12(13)10-16/h12-13H,2-11,16H2,1H3,(H,17,18). The summed E-state index contributed by atoms with van der Waals surface area (Å²) in [6, 6.07) is 0. The number of carbonyl (C=O) groups excluding carboxylic acids is 1. The normalized spacial score (nSPS) is 30.6. The monoisotopic (exact) mass is 252 g/mol. The van der Waals surface area contributed by atoms with Gasteiger partial charge in [-0.3, -0.25) is 4.79 Å². The number of carbonyl (C=O) groups is 1. The minimum Gasteiger partial charge on any atom is -0.355 e. The predicted molar refractivity (Wildman–Crippen MR) is 74.1 cm³/mol. The molecule has 2 aliphatic rings.